The molecule has 0 saturated heterocycles. The van der Waals surface area contributed by atoms with Crippen molar-refractivity contribution in [1.29, 1.82) is 0 Å². The number of aromatic carboxylic acids is 1. The molecule has 1 heterocycles. The average molecular weight is 288 g/mol. The van der Waals surface area contributed by atoms with Crippen LogP contribution in [0.15, 0.2) is 36.7 Å². The standard InChI is InChI=1S/C14H12N2O5/c1-21-8-2-3-12(17)10(6-8)13(18)16-11-7-15-5-4-9(11)14(19)20/h2-7,17H,1H3,(H,16,18)(H,19,20). The van der Waals surface area contributed by atoms with Crippen molar-refractivity contribution in [2.75, 3.05) is 12.4 Å². The van der Waals surface area contributed by atoms with Crippen molar-refractivity contribution in [2.45, 2.75) is 0 Å². The van der Waals surface area contributed by atoms with Gasteiger partial charge in [0.1, 0.15) is 11.5 Å². The van der Waals surface area contributed by atoms with Crippen LogP contribution in [0.25, 0.3) is 0 Å². The highest BCUT2D eigenvalue weighted by Gasteiger charge is 2.16. The van der Waals surface area contributed by atoms with E-state index in [4.69, 9.17) is 9.84 Å². The van der Waals surface area contributed by atoms with Gasteiger partial charge < -0.3 is 20.3 Å². The fraction of sp³-hybridized carbons (Fsp3) is 0.0714. The third-order valence-electron chi connectivity index (χ3n) is 2.75. The van der Waals surface area contributed by atoms with Crippen LogP contribution in [0.1, 0.15) is 20.7 Å². The van der Waals surface area contributed by atoms with E-state index in [0.717, 1.165) is 0 Å². The maximum Gasteiger partial charge on any atom is 0.337 e. The number of carbonyl (C=O) groups is 2. The highest BCUT2D eigenvalue weighted by molar-refractivity contribution is 6.09. The highest BCUT2D eigenvalue weighted by atomic mass is 16.5. The quantitative estimate of drug-likeness (QED) is 0.790. The first-order chi connectivity index (χ1) is 10.0. The van der Waals surface area contributed by atoms with Crippen LogP contribution in [0.5, 0.6) is 11.5 Å². The molecule has 0 aliphatic heterocycles. The molecule has 1 amide bonds. The maximum atomic E-state index is 12.1. The Hall–Kier alpha value is -3.09. The van der Waals surface area contributed by atoms with E-state index in [9.17, 15) is 14.7 Å². The number of rotatable bonds is 4. The number of methoxy groups -OCH3 is 1. The molecule has 0 saturated carbocycles. The molecule has 3 N–H and O–H groups in total. The SMILES string of the molecule is COc1ccc(O)c(C(=O)Nc2cnccc2C(=O)O)c1. The van der Waals surface area contributed by atoms with Gasteiger partial charge in [-0.1, -0.05) is 0 Å². The van der Waals surface area contributed by atoms with Gasteiger partial charge in [-0.3, -0.25) is 9.78 Å². The minimum atomic E-state index is -1.19. The number of hydrogen-bond acceptors (Lipinski definition) is 5. The first kappa shape index (κ1) is 14.3. The van der Waals surface area contributed by atoms with Gasteiger partial charge in [0.2, 0.25) is 0 Å². The molecule has 108 valence electrons. The number of nitrogens with one attached hydrogen (secondary N) is 1. The number of anilines is 1. The average Bonchev–Trinajstić information content (AvgIpc) is 2.48. The summed E-state index contributed by atoms with van der Waals surface area (Å²) in [5, 5.41) is 21.1. The minimum absolute atomic E-state index is 0.0328. The number of benzene rings is 1. The van der Waals surface area contributed by atoms with E-state index in [1.54, 1.807) is 0 Å². The molecule has 0 aliphatic rings. The summed E-state index contributed by atoms with van der Waals surface area (Å²) < 4.78 is 4.97. The number of phenols is 1. The number of amides is 1. The zero-order valence-electron chi connectivity index (χ0n) is 11.0. The molecular weight excluding hydrogens is 276 g/mol. The third kappa shape index (κ3) is 3.08. The zero-order valence-corrected chi connectivity index (χ0v) is 11.0. The highest BCUT2D eigenvalue weighted by Crippen LogP contribution is 2.24. The van der Waals surface area contributed by atoms with Gasteiger partial charge in [0.05, 0.1) is 30.1 Å². The lowest BCUT2D eigenvalue weighted by molar-refractivity contribution is 0.0698. The van der Waals surface area contributed by atoms with Gasteiger partial charge in [0.15, 0.2) is 0 Å². The van der Waals surface area contributed by atoms with Crippen LogP contribution in [0.2, 0.25) is 0 Å². The maximum absolute atomic E-state index is 12.1. The predicted molar refractivity (Wildman–Crippen MR) is 73.8 cm³/mol. The topological polar surface area (TPSA) is 109 Å². The normalized spacial score (nSPS) is 9.95. The first-order valence-corrected chi connectivity index (χ1v) is 5.88. The van der Waals surface area contributed by atoms with Crippen LogP contribution < -0.4 is 10.1 Å². The van der Waals surface area contributed by atoms with Crippen molar-refractivity contribution in [3.63, 3.8) is 0 Å². The summed E-state index contributed by atoms with van der Waals surface area (Å²) >= 11 is 0. The Kier molecular flexibility index (Phi) is 4.03. The number of ether oxygens (including phenoxy) is 1. The molecule has 21 heavy (non-hydrogen) atoms. The van der Waals surface area contributed by atoms with Crippen LogP contribution in [0.3, 0.4) is 0 Å². The van der Waals surface area contributed by atoms with Crippen LogP contribution in [0.4, 0.5) is 5.69 Å². The summed E-state index contributed by atoms with van der Waals surface area (Å²) in [4.78, 5) is 27.0. The summed E-state index contributed by atoms with van der Waals surface area (Å²) in [7, 11) is 1.43. The van der Waals surface area contributed by atoms with E-state index in [-0.39, 0.29) is 22.6 Å². The number of carboxylic acid groups (broad SMARTS) is 1. The molecule has 0 unspecified atom stereocenters. The van der Waals surface area contributed by atoms with Crippen LogP contribution in [-0.2, 0) is 0 Å². The smallest absolute Gasteiger partial charge is 0.337 e. The second kappa shape index (κ2) is 5.91. The molecule has 0 aliphatic carbocycles. The number of carbonyl (C=O) groups excluding carboxylic acids is 1. The van der Waals surface area contributed by atoms with E-state index in [1.807, 2.05) is 0 Å². The van der Waals surface area contributed by atoms with E-state index in [1.165, 1.54) is 43.8 Å². The monoisotopic (exact) mass is 288 g/mol. The Morgan fingerprint density at radius 2 is 2.00 bits per heavy atom. The molecule has 0 fully saturated rings. The number of phenolic OH excluding ortho intramolecular Hbond substituents is 1. The molecule has 0 spiro atoms. The minimum Gasteiger partial charge on any atom is -0.507 e. The van der Waals surface area contributed by atoms with Crippen molar-refractivity contribution >= 4 is 17.6 Å². The fourth-order valence-corrected chi connectivity index (χ4v) is 1.69. The lowest BCUT2D eigenvalue weighted by atomic mass is 10.1. The molecule has 1 aromatic heterocycles. The van der Waals surface area contributed by atoms with E-state index < -0.39 is 11.9 Å². The van der Waals surface area contributed by atoms with Crippen LogP contribution >= 0.6 is 0 Å². The molecule has 2 aromatic rings. The van der Waals surface area contributed by atoms with Crippen molar-refractivity contribution in [3.05, 3.63) is 47.8 Å². The van der Waals surface area contributed by atoms with Gasteiger partial charge in [0, 0.05) is 6.20 Å². The van der Waals surface area contributed by atoms with E-state index in [2.05, 4.69) is 10.3 Å². The third-order valence-corrected chi connectivity index (χ3v) is 2.75. The van der Waals surface area contributed by atoms with Gasteiger partial charge in [-0.15, -0.1) is 0 Å². The van der Waals surface area contributed by atoms with Gasteiger partial charge in [-0.05, 0) is 24.3 Å². The number of carboxylic acids is 1. The van der Waals surface area contributed by atoms with Gasteiger partial charge in [-0.25, -0.2) is 4.79 Å². The summed E-state index contributed by atoms with van der Waals surface area (Å²) in [6, 6.07) is 5.43. The van der Waals surface area contributed by atoms with E-state index in [0.29, 0.717) is 5.75 Å². The number of hydrogen-bond donors (Lipinski definition) is 3. The van der Waals surface area contributed by atoms with Gasteiger partial charge >= 0.3 is 5.97 Å². The number of pyridine rings is 1. The summed E-state index contributed by atoms with van der Waals surface area (Å²) in [5.74, 6) is -1.71. The Balaban J connectivity index is 2.33. The largest absolute Gasteiger partial charge is 0.507 e. The van der Waals surface area contributed by atoms with Crippen molar-refractivity contribution in [1.82, 2.24) is 4.98 Å². The molecule has 2 rings (SSSR count). The molecule has 0 bridgehead atoms. The lowest BCUT2D eigenvalue weighted by Crippen LogP contribution is -2.15. The van der Waals surface area contributed by atoms with Crippen molar-refractivity contribution in [2.24, 2.45) is 0 Å². The molecule has 7 heteroatoms. The Morgan fingerprint density at radius 1 is 1.24 bits per heavy atom. The predicted octanol–water partition coefficient (Wildman–Crippen LogP) is 1.75. The summed E-state index contributed by atoms with van der Waals surface area (Å²) in [6.07, 6.45) is 2.53. The second-order valence-electron chi connectivity index (χ2n) is 4.06. The number of nitrogens with zero attached hydrogens (tertiary/aromatic N) is 1. The van der Waals surface area contributed by atoms with Crippen LogP contribution in [0, 0.1) is 0 Å². The Labute approximate surface area is 119 Å². The summed E-state index contributed by atoms with van der Waals surface area (Å²) in [6.45, 7) is 0. The molecule has 0 radical (unpaired) electrons. The van der Waals surface area contributed by atoms with E-state index >= 15 is 0 Å². The Bertz CT molecular complexity index is 700. The zero-order chi connectivity index (χ0) is 15.4. The first-order valence-electron chi connectivity index (χ1n) is 5.88. The molecule has 1 aromatic carbocycles. The second-order valence-corrected chi connectivity index (χ2v) is 4.06. The van der Waals surface area contributed by atoms with Crippen molar-refractivity contribution in [3.8, 4) is 11.5 Å². The summed E-state index contributed by atoms with van der Waals surface area (Å²) in [5.41, 5.74) is -0.0903. The molecule has 7 nitrogen and oxygen atoms in total. The van der Waals surface area contributed by atoms with Gasteiger partial charge in [0.25, 0.3) is 5.91 Å². The Morgan fingerprint density at radius 3 is 2.67 bits per heavy atom. The number of aromatic hydroxyl groups is 1. The van der Waals surface area contributed by atoms with Crippen LogP contribution in [-0.4, -0.2) is 34.2 Å². The lowest BCUT2D eigenvalue weighted by Gasteiger charge is -2.10. The molecule has 0 atom stereocenters. The molecular formula is C14H12N2O5. The van der Waals surface area contributed by atoms with Crippen molar-refractivity contribution < 1.29 is 24.5 Å². The fourth-order valence-electron chi connectivity index (χ4n) is 1.69. The van der Waals surface area contributed by atoms with Gasteiger partial charge in [-0.2, -0.15) is 0 Å². The number of aromatic nitrogens is 1.